The number of nitrogen functional groups attached to an aromatic ring is 1. The SMILES string of the molecule is Nc1cccc(CNCCc2ccc(F)c(F)c2)c1. The molecule has 0 spiro atoms. The minimum atomic E-state index is -0.809. The van der Waals surface area contributed by atoms with E-state index in [0.29, 0.717) is 19.5 Å². The van der Waals surface area contributed by atoms with E-state index in [1.54, 1.807) is 6.07 Å². The number of hydrogen-bond donors (Lipinski definition) is 2. The molecule has 2 aromatic rings. The summed E-state index contributed by atoms with van der Waals surface area (Å²) in [7, 11) is 0. The first-order valence-corrected chi connectivity index (χ1v) is 6.14. The molecule has 0 unspecified atom stereocenters. The van der Waals surface area contributed by atoms with Crippen LogP contribution in [0.2, 0.25) is 0 Å². The number of hydrogen-bond acceptors (Lipinski definition) is 2. The second-order valence-corrected chi connectivity index (χ2v) is 4.42. The Morgan fingerprint density at radius 2 is 1.79 bits per heavy atom. The van der Waals surface area contributed by atoms with E-state index in [9.17, 15) is 8.78 Å². The van der Waals surface area contributed by atoms with Crippen molar-refractivity contribution in [2.75, 3.05) is 12.3 Å². The van der Waals surface area contributed by atoms with Crippen molar-refractivity contribution in [2.45, 2.75) is 13.0 Å². The molecular weight excluding hydrogens is 246 g/mol. The molecule has 0 aliphatic rings. The smallest absolute Gasteiger partial charge is 0.159 e. The molecule has 100 valence electrons. The molecule has 0 aromatic heterocycles. The monoisotopic (exact) mass is 262 g/mol. The van der Waals surface area contributed by atoms with Crippen LogP contribution in [0.4, 0.5) is 14.5 Å². The lowest BCUT2D eigenvalue weighted by Crippen LogP contribution is -2.16. The summed E-state index contributed by atoms with van der Waals surface area (Å²) < 4.78 is 25.7. The molecule has 0 aliphatic heterocycles. The van der Waals surface area contributed by atoms with Crippen molar-refractivity contribution < 1.29 is 8.78 Å². The Balaban J connectivity index is 1.79. The van der Waals surface area contributed by atoms with Crippen molar-refractivity contribution in [1.82, 2.24) is 5.32 Å². The Bertz CT molecular complexity index is 556. The fourth-order valence-corrected chi connectivity index (χ4v) is 1.86. The molecule has 2 nitrogen and oxygen atoms in total. The fourth-order valence-electron chi connectivity index (χ4n) is 1.86. The van der Waals surface area contributed by atoms with E-state index in [2.05, 4.69) is 5.32 Å². The van der Waals surface area contributed by atoms with Gasteiger partial charge in [-0.25, -0.2) is 8.78 Å². The Labute approximate surface area is 111 Å². The Morgan fingerprint density at radius 1 is 0.947 bits per heavy atom. The minimum Gasteiger partial charge on any atom is -0.399 e. The van der Waals surface area contributed by atoms with Gasteiger partial charge in [0, 0.05) is 12.2 Å². The molecule has 0 bridgehead atoms. The molecule has 19 heavy (non-hydrogen) atoms. The zero-order valence-electron chi connectivity index (χ0n) is 10.5. The molecule has 0 saturated heterocycles. The van der Waals surface area contributed by atoms with Crippen LogP contribution in [-0.4, -0.2) is 6.54 Å². The number of benzene rings is 2. The minimum absolute atomic E-state index is 0.652. The topological polar surface area (TPSA) is 38.0 Å². The van der Waals surface area contributed by atoms with Crippen molar-refractivity contribution in [2.24, 2.45) is 0 Å². The molecule has 0 aliphatic carbocycles. The summed E-state index contributed by atoms with van der Waals surface area (Å²) >= 11 is 0. The molecule has 0 fully saturated rings. The lowest BCUT2D eigenvalue weighted by Gasteiger charge is -2.06. The van der Waals surface area contributed by atoms with E-state index in [-0.39, 0.29) is 0 Å². The summed E-state index contributed by atoms with van der Waals surface area (Å²) in [6.07, 6.45) is 0.652. The molecule has 4 heteroatoms. The molecular formula is C15H16F2N2. The standard InChI is InChI=1S/C15H16F2N2/c16-14-5-4-11(9-15(14)17)6-7-19-10-12-2-1-3-13(18)8-12/h1-5,8-9,19H,6-7,10,18H2. The largest absolute Gasteiger partial charge is 0.399 e. The van der Waals surface area contributed by atoms with Crippen LogP contribution in [0.15, 0.2) is 42.5 Å². The molecule has 0 atom stereocenters. The summed E-state index contributed by atoms with van der Waals surface area (Å²) in [6.45, 7) is 1.40. The van der Waals surface area contributed by atoms with Gasteiger partial charge in [0.05, 0.1) is 0 Å². The van der Waals surface area contributed by atoms with Gasteiger partial charge in [0.25, 0.3) is 0 Å². The fraction of sp³-hybridized carbons (Fsp3) is 0.200. The van der Waals surface area contributed by atoms with Gasteiger partial charge in [-0.3, -0.25) is 0 Å². The third-order valence-electron chi connectivity index (χ3n) is 2.85. The normalized spacial score (nSPS) is 10.6. The average Bonchev–Trinajstić information content (AvgIpc) is 2.39. The van der Waals surface area contributed by atoms with E-state index in [1.807, 2.05) is 24.3 Å². The van der Waals surface area contributed by atoms with Crippen LogP contribution in [0.5, 0.6) is 0 Å². The van der Waals surface area contributed by atoms with Crippen molar-refractivity contribution >= 4 is 5.69 Å². The second kappa shape index (κ2) is 6.29. The summed E-state index contributed by atoms with van der Waals surface area (Å²) in [5, 5.41) is 3.24. The van der Waals surface area contributed by atoms with Crippen molar-refractivity contribution in [1.29, 1.82) is 0 Å². The van der Waals surface area contributed by atoms with E-state index in [1.165, 1.54) is 6.07 Å². The zero-order chi connectivity index (χ0) is 13.7. The van der Waals surface area contributed by atoms with E-state index in [0.717, 1.165) is 22.9 Å². The molecule has 0 amide bonds. The molecule has 0 saturated carbocycles. The number of halogens is 2. The van der Waals surface area contributed by atoms with Gasteiger partial charge in [-0.05, 0) is 48.4 Å². The van der Waals surface area contributed by atoms with Crippen LogP contribution in [0.25, 0.3) is 0 Å². The maximum Gasteiger partial charge on any atom is 0.159 e. The van der Waals surface area contributed by atoms with Crippen LogP contribution in [-0.2, 0) is 13.0 Å². The van der Waals surface area contributed by atoms with Crippen molar-refractivity contribution in [3.8, 4) is 0 Å². The average molecular weight is 262 g/mol. The van der Waals surface area contributed by atoms with Crippen LogP contribution in [0.3, 0.4) is 0 Å². The van der Waals surface area contributed by atoms with Gasteiger partial charge in [-0.1, -0.05) is 18.2 Å². The van der Waals surface area contributed by atoms with E-state index < -0.39 is 11.6 Å². The summed E-state index contributed by atoms with van der Waals surface area (Å²) in [6, 6.07) is 11.6. The lowest BCUT2D eigenvalue weighted by atomic mass is 10.1. The number of nitrogens with one attached hydrogen (secondary N) is 1. The summed E-state index contributed by atoms with van der Waals surface area (Å²) in [5.41, 5.74) is 8.29. The molecule has 0 radical (unpaired) electrons. The maximum atomic E-state index is 13.0. The highest BCUT2D eigenvalue weighted by molar-refractivity contribution is 5.40. The van der Waals surface area contributed by atoms with Crippen LogP contribution in [0.1, 0.15) is 11.1 Å². The van der Waals surface area contributed by atoms with Gasteiger partial charge in [-0.15, -0.1) is 0 Å². The highest BCUT2D eigenvalue weighted by Crippen LogP contribution is 2.09. The number of nitrogens with two attached hydrogens (primary N) is 1. The number of rotatable bonds is 5. The molecule has 3 N–H and O–H groups in total. The highest BCUT2D eigenvalue weighted by Gasteiger charge is 2.02. The predicted octanol–water partition coefficient (Wildman–Crippen LogP) is 2.88. The van der Waals surface area contributed by atoms with E-state index in [4.69, 9.17) is 5.73 Å². The van der Waals surface area contributed by atoms with Crippen LogP contribution >= 0.6 is 0 Å². The lowest BCUT2D eigenvalue weighted by molar-refractivity contribution is 0.506. The second-order valence-electron chi connectivity index (χ2n) is 4.42. The first kappa shape index (κ1) is 13.5. The van der Waals surface area contributed by atoms with E-state index >= 15 is 0 Å². The van der Waals surface area contributed by atoms with Crippen molar-refractivity contribution in [3.05, 3.63) is 65.2 Å². The highest BCUT2D eigenvalue weighted by atomic mass is 19.2. The zero-order valence-corrected chi connectivity index (χ0v) is 10.5. The Hall–Kier alpha value is -1.94. The summed E-state index contributed by atoms with van der Waals surface area (Å²) in [4.78, 5) is 0. The van der Waals surface area contributed by atoms with Crippen LogP contribution < -0.4 is 11.1 Å². The van der Waals surface area contributed by atoms with Crippen LogP contribution in [0, 0.1) is 11.6 Å². The first-order chi connectivity index (χ1) is 9.15. The maximum absolute atomic E-state index is 13.0. The Kier molecular flexibility index (Phi) is 4.47. The first-order valence-electron chi connectivity index (χ1n) is 6.14. The third-order valence-corrected chi connectivity index (χ3v) is 2.85. The Morgan fingerprint density at radius 3 is 2.53 bits per heavy atom. The van der Waals surface area contributed by atoms with Gasteiger partial charge < -0.3 is 11.1 Å². The predicted molar refractivity (Wildman–Crippen MR) is 72.6 cm³/mol. The molecule has 2 aromatic carbocycles. The van der Waals surface area contributed by atoms with Gasteiger partial charge in [0.1, 0.15) is 0 Å². The summed E-state index contributed by atoms with van der Waals surface area (Å²) in [5.74, 6) is -1.61. The molecule has 2 rings (SSSR count). The van der Waals surface area contributed by atoms with Gasteiger partial charge >= 0.3 is 0 Å². The van der Waals surface area contributed by atoms with Gasteiger partial charge in [0.2, 0.25) is 0 Å². The molecule has 0 heterocycles. The van der Waals surface area contributed by atoms with Crippen molar-refractivity contribution in [3.63, 3.8) is 0 Å². The number of anilines is 1. The third kappa shape index (κ3) is 4.03. The van der Waals surface area contributed by atoms with Gasteiger partial charge in [0.15, 0.2) is 11.6 Å². The quantitative estimate of drug-likeness (QED) is 0.642. The van der Waals surface area contributed by atoms with Gasteiger partial charge in [-0.2, -0.15) is 0 Å².